The van der Waals surface area contributed by atoms with Crippen LogP contribution in [-0.4, -0.2) is 16.2 Å². The van der Waals surface area contributed by atoms with E-state index < -0.39 is 0 Å². The Morgan fingerprint density at radius 3 is 2.90 bits per heavy atom. The van der Waals surface area contributed by atoms with E-state index in [1.54, 1.807) is 0 Å². The molecule has 1 heterocycles. The Hall–Kier alpha value is -1.41. The van der Waals surface area contributed by atoms with Gasteiger partial charge in [-0.2, -0.15) is 0 Å². The molecule has 3 atom stereocenters. The van der Waals surface area contributed by atoms with Gasteiger partial charge in [-0.1, -0.05) is 38.0 Å². The van der Waals surface area contributed by atoms with E-state index in [9.17, 15) is 5.11 Å². The van der Waals surface area contributed by atoms with E-state index in [-0.39, 0.29) is 6.10 Å². The molecular weight excluding hydrogens is 246 g/mol. The molecule has 1 aliphatic rings. The molecule has 2 aromatic rings. The summed E-state index contributed by atoms with van der Waals surface area (Å²) in [6.45, 7) is 2.26. The van der Waals surface area contributed by atoms with Gasteiger partial charge in [0.1, 0.15) is 0 Å². The minimum Gasteiger partial charge on any atom is -0.392 e. The third kappa shape index (κ3) is 2.71. The molecule has 1 aromatic carbocycles. The Bertz CT molecular complexity index is 575. The summed E-state index contributed by atoms with van der Waals surface area (Å²) in [5, 5.41) is 11.7. The first-order valence-corrected chi connectivity index (χ1v) is 7.78. The smallest absolute Gasteiger partial charge is 0.0704 e. The molecule has 2 heteroatoms. The molecule has 1 saturated carbocycles. The van der Waals surface area contributed by atoms with Crippen LogP contribution in [0.5, 0.6) is 0 Å². The van der Waals surface area contributed by atoms with Crippen LogP contribution in [0.4, 0.5) is 0 Å². The summed E-state index contributed by atoms with van der Waals surface area (Å²) >= 11 is 0. The molecule has 0 saturated heterocycles. The van der Waals surface area contributed by atoms with Crippen LogP contribution in [0.25, 0.3) is 10.9 Å². The first-order chi connectivity index (χ1) is 9.78. The van der Waals surface area contributed by atoms with Crippen LogP contribution in [0.2, 0.25) is 0 Å². The first kappa shape index (κ1) is 13.6. The van der Waals surface area contributed by atoms with Crippen LogP contribution in [-0.2, 0) is 6.42 Å². The highest BCUT2D eigenvalue weighted by Crippen LogP contribution is 2.36. The Labute approximate surface area is 120 Å². The van der Waals surface area contributed by atoms with Gasteiger partial charge in [-0.3, -0.25) is 4.98 Å². The lowest BCUT2D eigenvalue weighted by molar-refractivity contribution is 0.109. The fourth-order valence-electron chi connectivity index (χ4n) is 3.56. The lowest BCUT2D eigenvalue weighted by atomic mass is 9.92. The van der Waals surface area contributed by atoms with Gasteiger partial charge in [0, 0.05) is 11.6 Å². The molecule has 0 spiro atoms. The number of para-hydroxylation sites is 1. The van der Waals surface area contributed by atoms with Crippen molar-refractivity contribution < 1.29 is 5.11 Å². The molecule has 1 aliphatic carbocycles. The predicted octanol–water partition coefficient (Wildman–Crippen LogP) is 3.96. The van der Waals surface area contributed by atoms with Crippen molar-refractivity contribution in [3.05, 3.63) is 42.1 Å². The van der Waals surface area contributed by atoms with E-state index in [1.807, 2.05) is 24.4 Å². The largest absolute Gasteiger partial charge is 0.392 e. The molecule has 106 valence electrons. The van der Waals surface area contributed by atoms with Gasteiger partial charge in [-0.15, -0.1) is 0 Å². The van der Waals surface area contributed by atoms with Gasteiger partial charge in [0.15, 0.2) is 0 Å². The number of fused-ring (bicyclic) bond motifs is 1. The van der Waals surface area contributed by atoms with E-state index >= 15 is 0 Å². The highest BCUT2D eigenvalue weighted by molar-refractivity contribution is 5.81. The minimum atomic E-state index is -0.211. The zero-order valence-electron chi connectivity index (χ0n) is 12.1. The number of hydrogen-bond donors (Lipinski definition) is 1. The van der Waals surface area contributed by atoms with E-state index in [0.717, 1.165) is 17.9 Å². The predicted molar refractivity (Wildman–Crippen MR) is 82.6 cm³/mol. The first-order valence-electron chi connectivity index (χ1n) is 7.78. The molecular formula is C18H23NO. The summed E-state index contributed by atoms with van der Waals surface area (Å²) in [7, 11) is 0. The van der Waals surface area contributed by atoms with Crippen molar-refractivity contribution in [3.8, 4) is 0 Å². The van der Waals surface area contributed by atoms with Gasteiger partial charge in [-0.05, 0) is 48.8 Å². The lowest BCUT2D eigenvalue weighted by Crippen LogP contribution is -2.21. The average molecular weight is 269 g/mol. The summed E-state index contributed by atoms with van der Waals surface area (Å²) in [5.41, 5.74) is 2.25. The summed E-state index contributed by atoms with van der Waals surface area (Å²) < 4.78 is 0. The molecule has 0 aliphatic heterocycles. The van der Waals surface area contributed by atoms with E-state index in [0.29, 0.717) is 5.92 Å². The molecule has 1 N–H and O–H groups in total. The van der Waals surface area contributed by atoms with Gasteiger partial charge in [-0.25, -0.2) is 0 Å². The molecule has 1 aromatic heterocycles. The topological polar surface area (TPSA) is 33.1 Å². The number of aliphatic hydroxyl groups is 1. The Morgan fingerprint density at radius 2 is 2.10 bits per heavy atom. The standard InChI is InChI=1S/C18H23NO/c1-2-13-7-8-15(11-13)18(20)12-14-9-10-19-17-6-4-3-5-16(14)17/h3-6,9-10,13,15,18,20H,2,7-8,11-12H2,1H3. The maximum Gasteiger partial charge on any atom is 0.0704 e. The highest BCUT2D eigenvalue weighted by Gasteiger charge is 2.29. The second-order valence-electron chi connectivity index (χ2n) is 6.11. The Morgan fingerprint density at radius 1 is 1.25 bits per heavy atom. The number of aromatic nitrogens is 1. The maximum atomic E-state index is 10.6. The molecule has 3 unspecified atom stereocenters. The monoisotopic (exact) mass is 269 g/mol. The molecule has 0 radical (unpaired) electrons. The van der Waals surface area contributed by atoms with Crippen molar-refractivity contribution in [3.63, 3.8) is 0 Å². The number of pyridine rings is 1. The Kier molecular flexibility index (Phi) is 4.02. The molecule has 3 rings (SSSR count). The highest BCUT2D eigenvalue weighted by atomic mass is 16.3. The van der Waals surface area contributed by atoms with Crippen LogP contribution in [0.3, 0.4) is 0 Å². The molecule has 0 amide bonds. The van der Waals surface area contributed by atoms with Crippen molar-refractivity contribution in [1.29, 1.82) is 0 Å². The van der Waals surface area contributed by atoms with Crippen molar-refractivity contribution in [1.82, 2.24) is 4.98 Å². The van der Waals surface area contributed by atoms with Crippen LogP contribution < -0.4 is 0 Å². The van der Waals surface area contributed by atoms with E-state index in [1.165, 1.54) is 36.6 Å². The van der Waals surface area contributed by atoms with Crippen molar-refractivity contribution in [2.75, 3.05) is 0 Å². The zero-order chi connectivity index (χ0) is 13.9. The molecule has 2 nitrogen and oxygen atoms in total. The van der Waals surface area contributed by atoms with Gasteiger partial charge >= 0.3 is 0 Å². The van der Waals surface area contributed by atoms with Crippen LogP contribution in [0, 0.1) is 11.8 Å². The third-order valence-electron chi connectivity index (χ3n) is 4.87. The van der Waals surface area contributed by atoms with Gasteiger partial charge < -0.3 is 5.11 Å². The van der Waals surface area contributed by atoms with Crippen LogP contribution in [0.1, 0.15) is 38.2 Å². The fraction of sp³-hybridized carbons (Fsp3) is 0.500. The van der Waals surface area contributed by atoms with Crippen molar-refractivity contribution >= 4 is 10.9 Å². The molecule has 0 bridgehead atoms. The van der Waals surface area contributed by atoms with Gasteiger partial charge in [0.2, 0.25) is 0 Å². The van der Waals surface area contributed by atoms with Crippen LogP contribution >= 0.6 is 0 Å². The van der Waals surface area contributed by atoms with E-state index in [2.05, 4.69) is 24.0 Å². The lowest BCUT2D eigenvalue weighted by Gasteiger charge is -2.19. The Balaban J connectivity index is 1.76. The van der Waals surface area contributed by atoms with E-state index in [4.69, 9.17) is 0 Å². The summed E-state index contributed by atoms with van der Waals surface area (Å²) in [4.78, 5) is 4.39. The number of aliphatic hydroxyl groups excluding tert-OH is 1. The number of hydrogen-bond acceptors (Lipinski definition) is 2. The number of benzene rings is 1. The van der Waals surface area contributed by atoms with Gasteiger partial charge in [0.25, 0.3) is 0 Å². The van der Waals surface area contributed by atoms with Crippen molar-refractivity contribution in [2.24, 2.45) is 11.8 Å². The normalized spacial score (nSPS) is 24.1. The van der Waals surface area contributed by atoms with Crippen LogP contribution in [0.15, 0.2) is 36.5 Å². The second-order valence-corrected chi connectivity index (χ2v) is 6.11. The summed E-state index contributed by atoms with van der Waals surface area (Å²) in [5.74, 6) is 1.30. The van der Waals surface area contributed by atoms with Gasteiger partial charge in [0.05, 0.1) is 11.6 Å². The second kappa shape index (κ2) is 5.92. The quantitative estimate of drug-likeness (QED) is 0.911. The molecule has 20 heavy (non-hydrogen) atoms. The fourth-order valence-corrected chi connectivity index (χ4v) is 3.56. The zero-order valence-corrected chi connectivity index (χ0v) is 12.1. The molecule has 1 fully saturated rings. The third-order valence-corrected chi connectivity index (χ3v) is 4.87. The summed E-state index contributed by atoms with van der Waals surface area (Å²) in [6.07, 6.45) is 7.32. The summed E-state index contributed by atoms with van der Waals surface area (Å²) in [6, 6.07) is 10.3. The number of rotatable bonds is 4. The average Bonchev–Trinajstić information content (AvgIpc) is 2.97. The minimum absolute atomic E-state index is 0.211. The maximum absolute atomic E-state index is 10.6. The van der Waals surface area contributed by atoms with Crippen molar-refractivity contribution in [2.45, 2.75) is 45.1 Å². The SMILES string of the molecule is CCC1CCC(C(O)Cc2ccnc3ccccc23)C1. The number of nitrogens with zero attached hydrogens (tertiary/aromatic N) is 1.